The van der Waals surface area contributed by atoms with Crippen molar-refractivity contribution in [2.75, 3.05) is 11.5 Å². The number of hydrogen-bond donors (Lipinski definition) is 6. The fourth-order valence-electron chi connectivity index (χ4n) is 10.2. The van der Waals surface area contributed by atoms with Gasteiger partial charge in [0, 0.05) is 56.1 Å². The second kappa shape index (κ2) is 22.8. The number of anilines is 2. The molecule has 10 rings (SSSR count). The van der Waals surface area contributed by atoms with Crippen LogP contribution in [0, 0.1) is 6.92 Å². The molecule has 406 valence electrons. The Balaban J connectivity index is 0.000000221. The average molecular weight is 1150 g/mol. The SMILES string of the molecule is C.CC(C)OC(=O)NC12CCC(c3ncc(-c4ccc(N)cc4S(=O)(=O)NC(C)(C)C)s3)(CC1)CC2.CC(C)OC(=O)NC12CCC(c3ncc(Br)s3)(CC1)CC2.Cc1ccc(N)cc1S(=O)(=O)NC(C)(C)C. The fraction of sp³-hybridized carbons (Fsp3) is 0.615. The van der Waals surface area contributed by atoms with Crippen molar-refractivity contribution in [2.24, 2.45) is 0 Å². The van der Waals surface area contributed by atoms with Gasteiger partial charge in [-0.15, -0.1) is 22.7 Å². The summed E-state index contributed by atoms with van der Waals surface area (Å²) in [6.45, 7) is 20.0. The minimum atomic E-state index is -3.78. The third-order valence-corrected chi connectivity index (χ3v) is 20.4. The summed E-state index contributed by atoms with van der Waals surface area (Å²) in [6.07, 6.45) is 14.7. The van der Waals surface area contributed by atoms with E-state index in [4.69, 9.17) is 25.9 Å². The Morgan fingerprint density at radius 3 is 1.41 bits per heavy atom. The molecule has 6 aliphatic carbocycles. The van der Waals surface area contributed by atoms with Gasteiger partial charge in [-0.05, 0) is 199 Å². The number of carbonyl (C=O) groups is 2. The lowest BCUT2D eigenvalue weighted by Gasteiger charge is -2.52. The highest BCUT2D eigenvalue weighted by atomic mass is 79.9. The maximum atomic E-state index is 13.2. The standard InChI is InChI=1S/C25H36N4O4S2.C15H21BrN2O2S.C11H18N2O2S.CH4/c1-16(2)33-22(30)28-25-11-8-24(9-12-25,10-13-25)21-27-15-19(34-21)18-7-6-17(26)14-20(18)35(31,32)29-23(3,4)5;1-10(2)20-13(19)18-15-6-3-14(4-7-15,5-8-15)12-17-9-11(16)21-12;1-8-5-6-9(12)7-10(8)16(14,15)13-11(2,3)4;/h6-7,14-16,29H,8-13,26H2,1-5H3,(H,28,30);9-10H,3-8H2,1-2H3,(H,18,19);5-7,13H,12H2,1-4H3;1H4. The predicted molar refractivity (Wildman–Crippen MR) is 298 cm³/mol. The van der Waals surface area contributed by atoms with E-state index in [1.807, 2.05) is 54.7 Å². The van der Waals surface area contributed by atoms with Crippen molar-refractivity contribution in [3.63, 3.8) is 0 Å². The van der Waals surface area contributed by atoms with E-state index in [9.17, 15) is 26.4 Å². The number of carbonyl (C=O) groups excluding carboxylic acids is 2. The van der Waals surface area contributed by atoms with Gasteiger partial charge in [0.25, 0.3) is 0 Å². The number of benzene rings is 2. The second-order valence-electron chi connectivity index (χ2n) is 22.8. The van der Waals surface area contributed by atoms with Crippen LogP contribution in [-0.4, -0.2) is 73.4 Å². The molecule has 0 atom stereocenters. The zero-order valence-corrected chi connectivity index (χ0v) is 48.4. The number of aromatic nitrogens is 2. The monoisotopic (exact) mass is 1150 g/mol. The lowest BCUT2D eigenvalue weighted by atomic mass is 9.57. The van der Waals surface area contributed by atoms with Gasteiger partial charge in [-0.1, -0.05) is 19.6 Å². The number of halogens is 1. The Morgan fingerprint density at radius 1 is 0.630 bits per heavy atom. The third-order valence-electron chi connectivity index (χ3n) is 13.7. The number of ether oxygens (including phenoxy) is 2. The molecule has 0 saturated heterocycles. The summed E-state index contributed by atoms with van der Waals surface area (Å²) in [7, 11) is -7.28. The molecule has 6 fully saturated rings. The van der Waals surface area contributed by atoms with Gasteiger partial charge >= 0.3 is 12.2 Å². The lowest BCUT2D eigenvalue weighted by Crippen LogP contribution is -2.58. The summed E-state index contributed by atoms with van der Waals surface area (Å²) < 4.78 is 67.5. The zero-order valence-electron chi connectivity index (χ0n) is 43.6. The summed E-state index contributed by atoms with van der Waals surface area (Å²) in [6, 6.07) is 9.86. The van der Waals surface area contributed by atoms with E-state index in [0.29, 0.717) is 22.5 Å². The number of rotatable bonds is 11. The van der Waals surface area contributed by atoms with Crippen molar-refractivity contribution in [2.45, 2.75) is 216 Å². The van der Waals surface area contributed by atoms with E-state index in [1.165, 1.54) is 17.1 Å². The van der Waals surface area contributed by atoms with Crippen LogP contribution in [0.2, 0.25) is 0 Å². The average Bonchev–Trinajstić information content (AvgIpc) is 3.95. The zero-order chi connectivity index (χ0) is 53.3. The van der Waals surface area contributed by atoms with Crippen LogP contribution in [0.4, 0.5) is 21.0 Å². The Kier molecular flexibility index (Phi) is 18.7. The molecule has 2 aromatic heterocycles. The first-order chi connectivity index (χ1) is 33.3. The number of alkyl carbamates (subject to hydrolysis) is 2. The summed E-state index contributed by atoms with van der Waals surface area (Å²) in [4.78, 5) is 34.7. The second-order valence-corrected chi connectivity index (χ2v) is 29.5. The van der Waals surface area contributed by atoms with Crippen molar-refractivity contribution in [3.05, 3.63) is 68.2 Å². The van der Waals surface area contributed by atoms with Crippen molar-refractivity contribution in [1.29, 1.82) is 0 Å². The molecule has 6 saturated carbocycles. The van der Waals surface area contributed by atoms with Crippen molar-refractivity contribution >= 4 is 82.2 Å². The maximum absolute atomic E-state index is 13.2. The molecule has 21 heteroatoms. The van der Waals surface area contributed by atoms with Crippen LogP contribution in [0.15, 0.2) is 62.4 Å². The molecule has 2 aromatic carbocycles. The number of nitrogens with two attached hydrogens (primary N) is 2. The summed E-state index contributed by atoms with van der Waals surface area (Å²) in [5, 5.41) is 8.57. The van der Waals surface area contributed by atoms with Crippen molar-refractivity contribution in [3.8, 4) is 10.4 Å². The van der Waals surface area contributed by atoms with E-state index >= 15 is 0 Å². The van der Waals surface area contributed by atoms with Gasteiger partial charge < -0.3 is 31.6 Å². The molecule has 4 aromatic rings. The molecule has 16 nitrogen and oxygen atoms in total. The highest BCUT2D eigenvalue weighted by molar-refractivity contribution is 9.11. The van der Waals surface area contributed by atoms with Gasteiger partial charge in [0.05, 0.1) is 46.9 Å². The minimum absolute atomic E-state index is 0. The van der Waals surface area contributed by atoms with Gasteiger partial charge in [0.1, 0.15) is 0 Å². The maximum Gasteiger partial charge on any atom is 0.407 e. The molecule has 0 aliphatic heterocycles. The number of sulfonamides is 2. The first-order valence-electron chi connectivity index (χ1n) is 24.7. The molecule has 2 amide bonds. The highest BCUT2D eigenvalue weighted by Crippen LogP contribution is 2.56. The smallest absolute Gasteiger partial charge is 0.407 e. The molecular formula is C52H79BrN8O8S4. The van der Waals surface area contributed by atoms with Crippen LogP contribution in [0.3, 0.4) is 0 Å². The van der Waals surface area contributed by atoms with E-state index in [1.54, 1.807) is 80.8 Å². The quantitative estimate of drug-likeness (QED) is 0.0768. The van der Waals surface area contributed by atoms with Gasteiger partial charge in [0.15, 0.2) is 0 Å². The van der Waals surface area contributed by atoms with E-state index in [0.717, 1.165) is 90.7 Å². The molecule has 0 radical (unpaired) electrons. The van der Waals surface area contributed by atoms with Crippen LogP contribution < -0.4 is 31.5 Å². The summed E-state index contributed by atoms with van der Waals surface area (Å²) in [5.41, 5.74) is 12.5. The van der Waals surface area contributed by atoms with E-state index in [2.05, 4.69) is 41.0 Å². The summed E-state index contributed by atoms with van der Waals surface area (Å²) in [5.74, 6) is 0. The van der Waals surface area contributed by atoms with Gasteiger partial charge in [-0.3, -0.25) is 0 Å². The first kappa shape index (κ1) is 60.0. The Hall–Kier alpha value is -3.86. The number of nitrogens with zero attached hydrogens (tertiary/aromatic N) is 2. The van der Waals surface area contributed by atoms with E-state index in [-0.39, 0.29) is 63.5 Å². The molecule has 0 unspecified atom stereocenters. The van der Waals surface area contributed by atoms with Crippen LogP contribution in [0.25, 0.3) is 10.4 Å². The van der Waals surface area contributed by atoms with Crippen LogP contribution in [0.1, 0.15) is 169 Å². The number of aryl methyl sites for hydroxylation is 1. The van der Waals surface area contributed by atoms with E-state index < -0.39 is 31.1 Å². The number of nitrogens with one attached hydrogen (secondary N) is 4. The predicted octanol–water partition coefficient (Wildman–Crippen LogP) is 11.6. The number of thiazole rings is 2. The normalized spacial score (nSPS) is 23.6. The molecule has 6 aliphatic rings. The molecular weight excluding hydrogens is 1070 g/mol. The molecule has 2 heterocycles. The summed E-state index contributed by atoms with van der Waals surface area (Å²) >= 11 is 6.83. The van der Waals surface area contributed by atoms with Gasteiger partial charge in [-0.25, -0.2) is 45.8 Å². The fourth-order valence-corrected chi connectivity index (χ4v) is 16.4. The van der Waals surface area contributed by atoms with Crippen molar-refractivity contribution in [1.82, 2.24) is 30.0 Å². The van der Waals surface area contributed by atoms with Crippen LogP contribution >= 0.6 is 38.6 Å². The van der Waals surface area contributed by atoms with Crippen LogP contribution in [0.5, 0.6) is 0 Å². The molecule has 4 bridgehead atoms. The number of hydrogen-bond acceptors (Lipinski definition) is 14. The minimum Gasteiger partial charge on any atom is -0.447 e. The topological polar surface area (TPSA) is 247 Å². The Morgan fingerprint density at radius 2 is 1.01 bits per heavy atom. The Bertz CT molecular complexity index is 2770. The Labute approximate surface area is 451 Å². The molecule has 0 spiro atoms. The van der Waals surface area contributed by atoms with Crippen LogP contribution in [-0.2, 0) is 40.4 Å². The molecule has 8 N–H and O–H groups in total. The highest BCUT2D eigenvalue weighted by Gasteiger charge is 2.53. The third kappa shape index (κ3) is 15.2. The van der Waals surface area contributed by atoms with Gasteiger partial charge in [-0.2, -0.15) is 0 Å². The number of amides is 2. The number of nitrogen functional groups attached to an aromatic ring is 2. The number of fused-ring (bicyclic) bond motifs is 6. The van der Waals surface area contributed by atoms with Gasteiger partial charge in [0.2, 0.25) is 20.0 Å². The molecule has 73 heavy (non-hydrogen) atoms. The largest absolute Gasteiger partial charge is 0.447 e. The lowest BCUT2D eigenvalue weighted by molar-refractivity contribution is 0.0555. The first-order valence-corrected chi connectivity index (χ1v) is 30.1. The van der Waals surface area contributed by atoms with Crippen molar-refractivity contribution < 1.29 is 35.9 Å².